The SMILES string of the molecule is COc1ccccc1COc1ccc(CBr)nc1. The van der Waals surface area contributed by atoms with Crippen LogP contribution in [0.1, 0.15) is 11.3 Å². The van der Waals surface area contributed by atoms with Gasteiger partial charge in [0.25, 0.3) is 0 Å². The molecule has 0 atom stereocenters. The number of nitrogens with zero attached hydrogens (tertiary/aromatic N) is 1. The van der Waals surface area contributed by atoms with Crippen LogP contribution >= 0.6 is 15.9 Å². The van der Waals surface area contributed by atoms with Crippen molar-refractivity contribution in [1.29, 1.82) is 0 Å². The smallest absolute Gasteiger partial charge is 0.138 e. The summed E-state index contributed by atoms with van der Waals surface area (Å²) >= 11 is 3.36. The normalized spacial score (nSPS) is 10.1. The molecular weight excluding hydrogens is 294 g/mol. The molecule has 18 heavy (non-hydrogen) atoms. The minimum Gasteiger partial charge on any atom is -0.496 e. The van der Waals surface area contributed by atoms with Crippen LogP contribution in [0.3, 0.4) is 0 Å². The minimum atomic E-state index is 0.472. The van der Waals surface area contributed by atoms with Crippen LogP contribution in [0.25, 0.3) is 0 Å². The lowest BCUT2D eigenvalue weighted by Crippen LogP contribution is -1.99. The summed E-state index contributed by atoms with van der Waals surface area (Å²) < 4.78 is 10.9. The van der Waals surface area contributed by atoms with Crippen molar-refractivity contribution in [3.63, 3.8) is 0 Å². The Balaban J connectivity index is 2.02. The number of alkyl halides is 1. The molecule has 0 saturated heterocycles. The van der Waals surface area contributed by atoms with Gasteiger partial charge in [-0.15, -0.1) is 0 Å². The number of pyridine rings is 1. The van der Waals surface area contributed by atoms with Crippen molar-refractivity contribution < 1.29 is 9.47 Å². The van der Waals surface area contributed by atoms with E-state index < -0.39 is 0 Å². The van der Waals surface area contributed by atoms with Gasteiger partial charge in [0.2, 0.25) is 0 Å². The molecule has 0 aliphatic heterocycles. The van der Waals surface area contributed by atoms with Gasteiger partial charge in [-0.25, -0.2) is 0 Å². The highest BCUT2D eigenvalue weighted by Gasteiger charge is 2.02. The zero-order valence-electron chi connectivity index (χ0n) is 10.1. The number of benzene rings is 1. The molecule has 0 radical (unpaired) electrons. The van der Waals surface area contributed by atoms with Gasteiger partial charge in [0.05, 0.1) is 19.0 Å². The van der Waals surface area contributed by atoms with Gasteiger partial charge in [-0.05, 0) is 18.2 Å². The first-order valence-corrected chi connectivity index (χ1v) is 6.71. The van der Waals surface area contributed by atoms with Gasteiger partial charge in [0.15, 0.2) is 0 Å². The first kappa shape index (κ1) is 12.9. The Labute approximate surface area is 115 Å². The fraction of sp³-hybridized carbons (Fsp3) is 0.214. The number of para-hydroxylation sites is 1. The van der Waals surface area contributed by atoms with E-state index in [9.17, 15) is 0 Å². The zero-order chi connectivity index (χ0) is 12.8. The first-order valence-electron chi connectivity index (χ1n) is 5.59. The lowest BCUT2D eigenvalue weighted by Gasteiger charge is -2.09. The van der Waals surface area contributed by atoms with Crippen LogP contribution in [0.5, 0.6) is 11.5 Å². The quantitative estimate of drug-likeness (QED) is 0.791. The minimum absolute atomic E-state index is 0.472. The van der Waals surface area contributed by atoms with Crippen LogP contribution in [0.4, 0.5) is 0 Å². The summed E-state index contributed by atoms with van der Waals surface area (Å²) in [6, 6.07) is 11.7. The Morgan fingerprint density at radius 1 is 1.17 bits per heavy atom. The monoisotopic (exact) mass is 307 g/mol. The van der Waals surface area contributed by atoms with Crippen LogP contribution in [0.15, 0.2) is 42.6 Å². The maximum absolute atomic E-state index is 5.68. The summed E-state index contributed by atoms with van der Waals surface area (Å²) in [4.78, 5) is 4.25. The van der Waals surface area contributed by atoms with Crippen LogP contribution < -0.4 is 9.47 Å². The molecule has 3 nitrogen and oxygen atoms in total. The summed E-state index contributed by atoms with van der Waals surface area (Å²) in [6.07, 6.45) is 1.73. The van der Waals surface area contributed by atoms with E-state index in [-0.39, 0.29) is 0 Å². The molecule has 0 spiro atoms. The summed E-state index contributed by atoms with van der Waals surface area (Å²) in [5.41, 5.74) is 2.00. The molecule has 0 N–H and O–H groups in total. The van der Waals surface area contributed by atoms with E-state index in [0.29, 0.717) is 6.61 Å². The molecule has 0 aliphatic carbocycles. The number of ether oxygens (including phenoxy) is 2. The fourth-order valence-corrected chi connectivity index (χ4v) is 1.89. The van der Waals surface area contributed by atoms with E-state index >= 15 is 0 Å². The number of hydrogen-bond donors (Lipinski definition) is 0. The van der Waals surface area contributed by atoms with Gasteiger partial charge in [-0.3, -0.25) is 4.98 Å². The third-order valence-corrected chi connectivity index (χ3v) is 3.10. The Bertz CT molecular complexity index is 499. The lowest BCUT2D eigenvalue weighted by atomic mass is 10.2. The molecule has 0 fully saturated rings. The molecule has 0 bridgehead atoms. The summed E-state index contributed by atoms with van der Waals surface area (Å²) in [7, 11) is 1.66. The van der Waals surface area contributed by atoms with Crippen LogP contribution in [-0.4, -0.2) is 12.1 Å². The van der Waals surface area contributed by atoms with Crippen molar-refractivity contribution in [3.8, 4) is 11.5 Å². The number of methoxy groups -OCH3 is 1. The maximum atomic E-state index is 5.68. The van der Waals surface area contributed by atoms with Crippen molar-refractivity contribution in [2.75, 3.05) is 7.11 Å². The summed E-state index contributed by atoms with van der Waals surface area (Å²) in [5, 5.41) is 0.750. The Morgan fingerprint density at radius 2 is 2.00 bits per heavy atom. The molecule has 94 valence electrons. The van der Waals surface area contributed by atoms with E-state index in [1.54, 1.807) is 13.3 Å². The van der Waals surface area contributed by atoms with Crippen molar-refractivity contribution in [2.24, 2.45) is 0 Å². The average Bonchev–Trinajstić information content (AvgIpc) is 2.46. The second kappa shape index (κ2) is 6.40. The first-order chi connectivity index (χ1) is 8.83. The van der Waals surface area contributed by atoms with Gasteiger partial charge in [-0.2, -0.15) is 0 Å². The summed E-state index contributed by atoms with van der Waals surface area (Å²) in [5.74, 6) is 1.59. The number of hydrogen-bond acceptors (Lipinski definition) is 3. The molecule has 0 unspecified atom stereocenters. The highest BCUT2D eigenvalue weighted by atomic mass is 79.9. The van der Waals surface area contributed by atoms with Gasteiger partial charge >= 0.3 is 0 Å². The van der Waals surface area contributed by atoms with Gasteiger partial charge in [-0.1, -0.05) is 34.1 Å². The van der Waals surface area contributed by atoms with E-state index in [4.69, 9.17) is 9.47 Å². The predicted octanol–water partition coefficient (Wildman–Crippen LogP) is 3.56. The maximum Gasteiger partial charge on any atom is 0.138 e. The molecular formula is C14H14BrNO2. The van der Waals surface area contributed by atoms with Crippen molar-refractivity contribution in [1.82, 2.24) is 4.98 Å². The molecule has 1 aromatic carbocycles. The molecule has 0 saturated carbocycles. The standard InChI is InChI=1S/C14H14BrNO2/c1-17-14-5-3-2-4-11(14)10-18-13-7-6-12(8-15)16-9-13/h2-7,9H,8,10H2,1H3. The van der Waals surface area contributed by atoms with Gasteiger partial charge < -0.3 is 9.47 Å². The van der Waals surface area contributed by atoms with Crippen LogP contribution in [0, 0.1) is 0 Å². The topological polar surface area (TPSA) is 31.4 Å². The average molecular weight is 308 g/mol. The highest BCUT2D eigenvalue weighted by Crippen LogP contribution is 2.20. The van der Waals surface area contributed by atoms with Crippen molar-refractivity contribution in [3.05, 3.63) is 53.9 Å². The Kier molecular flexibility index (Phi) is 4.59. The van der Waals surface area contributed by atoms with Crippen molar-refractivity contribution in [2.45, 2.75) is 11.9 Å². The summed E-state index contributed by atoms with van der Waals surface area (Å²) in [6.45, 7) is 0.472. The molecule has 0 aliphatic rings. The Hall–Kier alpha value is -1.55. The van der Waals surface area contributed by atoms with E-state index in [0.717, 1.165) is 28.1 Å². The fourth-order valence-electron chi connectivity index (χ4n) is 1.56. The number of halogens is 1. The van der Waals surface area contributed by atoms with Crippen LogP contribution in [-0.2, 0) is 11.9 Å². The third-order valence-electron chi connectivity index (χ3n) is 2.52. The van der Waals surface area contributed by atoms with Crippen LogP contribution in [0.2, 0.25) is 0 Å². The predicted molar refractivity (Wildman–Crippen MR) is 74.2 cm³/mol. The zero-order valence-corrected chi connectivity index (χ0v) is 11.7. The Morgan fingerprint density at radius 3 is 2.67 bits per heavy atom. The lowest BCUT2D eigenvalue weighted by molar-refractivity contribution is 0.295. The molecule has 1 aromatic heterocycles. The molecule has 0 amide bonds. The highest BCUT2D eigenvalue weighted by molar-refractivity contribution is 9.08. The van der Waals surface area contributed by atoms with E-state index in [1.807, 2.05) is 36.4 Å². The van der Waals surface area contributed by atoms with Gasteiger partial charge in [0.1, 0.15) is 18.1 Å². The van der Waals surface area contributed by atoms with E-state index in [2.05, 4.69) is 20.9 Å². The molecule has 1 heterocycles. The third kappa shape index (κ3) is 3.23. The molecule has 2 aromatic rings. The largest absolute Gasteiger partial charge is 0.496 e. The molecule has 4 heteroatoms. The second-order valence-corrected chi connectivity index (χ2v) is 4.28. The molecule has 2 rings (SSSR count). The van der Waals surface area contributed by atoms with Crippen molar-refractivity contribution >= 4 is 15.9 Å². The second-order valence-electron chi connectivity index (χ2n) is 3.72. The number of rotatable bonds is 5. The van der Waals surface area contributed by atoms with Gasteiger partial charge in [0, 0.05) is 10.9 Å². The van der Waals surface area contributed by atoms with E-state index in [1.165, 1.54) is 0 Å². The number of aromatic nitrogens is 1.